The molecule has 0 aliphatic carbocycles. The van der Waals surface area contributed by atoms with Gasteiger partial charge in [-0.05, 0) is 18.2 Å². The van der Waals surface area contributed by atoms with Crippen LogP contribution in [0.3, 0.4) is 0 Å². The number of nitrogens with one attached hydrogen (secondary N) is 1. The van der Waals surface area contributed by atoms with E-state index in [1.807, 2.05) is 23.1 Å². The molecule has 2 N–H and O–H groups in total. The summed E-state index contributed by atoms with van der Waals surface area (Å²) >= 11 is 3.39. The Balaban J connectivity index is 1.80. The minimum atomic E-state index is -0.236. The van der Waals surface area contributed by atoms with Crippen LogP contribution in [0.4, 0.5) is 5.95 Å². The molecule has 0 radical (unpaired) electrons. The molecular weight excluding hydrogens is 390 g/mol. The Morgan fingerprint density at radius 2 is 2.12 bits per heavy atom. The van der Waals surface area contributed by atoms with E-state index in [0.29, 0.717) is 54.5 Å². The number of ether oxygens (including phenoxy) is 1. The smallest absolute Gasteiger partial charge is 0.263 e. The number of anilines is 1. The van der Waals surface area contributed by atoms with Crippen molar-refractivity contribution in [2.24, 2.45) is 0 Å². The van der Waals surface area contributed by atoms with Gasteiger partial charge in [0, 0.05) is 29.3 Å². The molecule has 0 atom stereocenters. The Morgan fingerprint density at radius 3 is 2.88 bits per heavy atom. The van der Waals surface area contributed by atoms with Gasteiger partial charge in [-0.15, -0.1) is 5.10 Å². The van der Waals surface area contributed by atoms with Crippen molar-refractivity contribution in [3.63, 3.8) is 0 Å². The number of H-pyrrole nitrogens is 1. The summed E-state index contributed by atoms with van der Waals surface area (Å²) in [5, 5.41) is 14.4. The van der Waals surface area contributed by atoms with E-state index in [9.17, 15) is 9.90 Å². The lowest BCUT2D eigenvalue weighted by Crippen LogP contribution is -2.38. The third kappa shape index (κ3) is 3.06. The van der Waals surface area contributed by atoms with Gasteiger partial charge in [0.05, 0.1) is 25.5 Å². The van der Waals surface area contributed by atoms with Crippen molar-refractivity contribution in [3.05, 3.63) is 44.8 Å². The first-order chi connectivity index (χ1) is 12.2. The van der Waals surface area contributed by atoms with E-state index in [-0.39, 0.29) is 12.2 Å². The molecule has 2 aromatic heterocycles. The highest BCUT2D eigenvalue weighted by atomic mass is 79.9. The van der Waals surface area contributed by atoms with E-state index >= 15 is 0 Å². The van der Waals surface area contributed by atoms with Crippen LogP contribution in [0.2, 0.25) is 0 Å². The zero-order valence-electron chi connectivity index (χ0n) is 13.3. The van der Waals surface area contributed by atoms with Gasteiger partial charge in [-0.2, -0.15) is 4.98 Å². The third-order valence-electron chi connectivity index (χ3n) is 4.15. The van der Waals surface area contributed by atoms with Crippen LogP contribution in [0, 0.1) is 0 Å². The number of aliphatic hydroxyl groups is 1. The Labute approximate surface area is 151 Å². The second kappa shape index (κ2) is 6.58. The number of hydrogen-bond acceptors (Lipinski definition) is 6. The van der Waals surface area contributed by atoms with Gasteiger partial charge in [0.2, 0.25) is 5.95 Å². The minimum absolute atomic E-state index is 0.131. The summed E-state index contributed by atoms with van der Waals surface area (Å²) in [7, 11) is 0. The highest BCUT2D eigenvalue weighted by Crippen LogP contribution is 2.21. The fraction of sp³-hybridized carbons (Fsp3) is 0.312. The number of aromatic nitrogens is 4. The maximum Gasteiger partial charge on any atom is 0.263 e. The number of aromatic amines is 1. The molecule has 130 valence electrons. The number of fused-ring (bicyclic) bond motifs is 1. The van der Waals surface area contributed by atoms with Crippen LogP contribution in [0.15, 0.2) is 33.7 Å². The molecule has 0 amide bonds. The number of benzene rings is 1. The van der Waals surface area contributed by atoms with Crippen molar-refractivity contribution in [2.45, 2.75) is 6.61 Å². The van der Waals surface area contributed by atoms with Gasteiger partial charge >= 0.3 is 0 Å². The number of morpholine rings is 1. The average molecular weight is 406 g/mol. The Kier molecular flexibility index (Phi) is 4.28. The van der Waals surface area contributed by atoms with Crippen LogP contribution in [0.1, 0.15) is 5.56 Å². The molecule has 0 bridgehead atoms. The summed E-state index contributed by atoms with van der Waals surface area (Å²) in [6, 6.07) is 5.51. The van der Waals surface area contributed by atoms with Gasteiger partial charge in [0.1, 0.15) is 5.39 Å². The molecule has 0 unspecified atom stereocenters. The van der Waals surface area contributed by atoms with Gasteiger partial charge in [-0.3, -0.25) is 9.78 Å². The van der Waals surface area contributed by atoms with E-state index in [2.05, 4.69) is 31.0 Å². The molecule has 0 spiro atoms. The van der Waals surface area contributed by atoms with Gasteiger partial charge in [-0.25, -0.2) is 4.68 Å². The van der Waals surface area contributed by atoms with Crippen LogP contribution in [-0.4, -0.2) is 51.2 Å². The van der Waals surface area contributed by atoms with Crippen LogP contribution in [-0.2, 0) is 11.3 Å². The fourth-order valence-electron chi connectivity index (χ4n) is 2.86. The maximum atomic E-state index is 12.4. The summed E-state index contributed by atoms with van der Waals surface area (Å²) < 4.78 is 7.77. The van der Waals surface area contributed by atoms with Gasteiger partial charge in [0.15, 0.2) is 5.65 Å². The van der Waals surface area contributed by atoms with Crippen molar-refractivity contribution < 1.29 is 9.84 Å². The molecule has 3 aromatic rings. The first-order valence-electron chi connectivity index (χ1n) is 7.88. The minimum Gasteiger partial charge on any atom is -0.392 e. The van der Waals surface area contributed by atoms with Crippen LogP contribution < -0.4 is 10.5 Å². The molecule has 1 fully saturated rings. The lowest BCUT2D eigenvalue weighted by Gasteiger charge is -2.26. The van der Waals surface area contributed by atoms with Gasteiger partial charge in [0.25, 0.3) is 5.56 Å². The second-order valence-corrected chi connectivity index (χ2v) is 6.65. The molecule has 1 aliphatic heterocycles. The molecule has 4 rings (SSSR count). The monoisotopic (exact) mass is 405 g/mol. The normalized spacial score (nSPS) is 15.0. The summed E-state index contributed by atoms with van der Waals surface area (Å²) in [5.74, 6) is 0.504. The highest BCUT2D eigenvalue weighted by molar-refractivity contribution is 9.10. The molecule has 8 nitrogen and oxygen atoms in total. The van der Waals surface area contributed by atoms with Gasteiger partial charge < -0.3 is 14.7 Å². The number of halogens is 1. The van der Waals surface area contributed by atoms with E-state index in [4.69, 9.17) is 4.74 Å². The fourth-order valence-corrected chi connectivity index (χ4v) is 3.27. The van der Waals surface area contributed by atoms with Crippen molar-refractivity contribution in [1.82, 2.24) is 19.7 Å². The Bertz CT molecular complexity index is 978. The average Bonchev–Trinajstić information content (AvgIpc) is 3.07. The predicted octanol–water partition coefficient (Wildman–Crippen LogP) is 1.20. The lowest BCUT2D eigenvalue weighted by molar-refractivity contribution is 0.122. The predicted molar refractivity (Wildman–Crippen MR) is 96.1 cm³/mol. The molecule has 25 heavy (non-hydrogen) atoms. The number of hydrogen-bond donors (Lipinski definition) is 2. The third-order valence-corrected chi connectivity index (χ3v) is 4.64. The van der Waals surface area contributed by atoms with E-state index in [0.717, 1.165) is 4.47 Å². The van der Waals surface area contributed by atoms with Crippen molar-refractivity contribution in [1.29, 1.82) is 0 Å². The molecule has 1 saturated heterocycles. The van der Waals surface area contributed by atoms with Crippen LogP contribution >= 0.6 is 15.9 Å². The summed E-state index contributed by atoms with van der Waals surface area (Å²) in [6.45, 7) is 2.44. The summed E-state index contributed by atoms with van der Waals surface area (Å²) in [5.41, 5.74) is 1.54. The SMILES string of the molecule is O=c1[nH]c(N2CCOCC2)nc2nn(-c3ccc(Br)cc3CO)cc12. The number of nitrogens with zero attached hydrogens (tertiary/aromatic N) is 4. The highest BCUT2D eigenvalue weighted by Gasteiger charge is 2.17. The Morgan fingerprint density at radius 1 is 1.32 bits per heavy atom. The van der Waals surface area contributed by atoms with Crippen LogP contribution in [0.25, 0.3) is 16.7 Å². The number of rotatable bonds is 3. The topological polar surface area (TPSA) is 96.3 Å². The quantitative estimate of drug-likeness (QED) is 0.679. The molecular formula is C16H16BrN5O3. The first kappa shape index (κ1) is 16.2. The molecule has 9 heteroatoms. The van der Waals surface area contributed by atoms with E-state index < -0.39 is 0 Å². The molecule has 0 saturated carbocycles. The zero-order valence-corrected chi connectivity index (χ0v) is 14.9. The zero-order chi connectivity index (χ0) is 17.4. The lowest BCUT2D eigenvalue weighted by atomic mass is 10.2. The number of aliphatic hydroxyl groups excluding tert-OH is 1. The van der Waals surface area contributed by atoms with E-state index in [1.54, 1.807) is 10.9 Å². The molecule has 3 heterocycles. The molecule has 1 aromatic carbocycles. The van der Waals surface area contributed by atoms with Gasteiger partial charge in [-0.1, -0.05) is 15.9 Å². The second-order valence-electron chi connectivity index (χ2n) is 5.73. The largest absolute Gasteiger partial charge is 0.392 e. The standard InChI is InChI=1S/C16H16BrN5O3/c17-11-1-2-13(10(7-11)9-23)22-8-12-14(20-22)18-16(19-15(12)24)21-3-5-25-6-4-21/h1-2,7-8,23H,3-6,9H2,(H,18,19,20,24). The maximum absolute atomic E-state index is 12.4. The van der Waals surface area contributed by atoms with Crippen LogP contribution in [0.5, 0.6) is 0 Å². The Hall–Kier alpha value is -2.23. The summed E-state index contributed by atoms with van der Waals surface area (Å²) in [4.78, 5) is 21.7. The summed E-state index contributed by atoms with van der Waals surface area (Å²) in [6.07, 6.45) is 1.63. The van der Waals surface area contributed by atoms with E-state index in [1.165, 1.54) is 0 Å². The van der Waals surface area contributed by atoms with Crippen molar-refractivity contribution in [2.75, 3.05) is 31.2 Å². The van der Waals surface area contributed by atoms with Crippen molar-refractivity contribution >= 4 is 32.9 Å². The first-order valence-corrected chi connectivity index (χ1v) is 8.67. The molecule has 1 aliphatic rings. The van der Waals surface area contributed by atoms with Crippen molar-refractivity contribution in [3.8, 4) is 5.69 Å².